The second kappa shape index (κ2) is 10.4. The fourth-order valence-electron chi connectivity index (χ4n) is 7.08. The van der Waals surface area contributed by atoms with Crippen molar-refractivity contribution in [1.29, 1.82) is 0 Å². The number of nitrogens with zero attached hydrogens (tertiary/aromatic N) is 2. The molecule has 0 aliphatic carbocycles. The summed E-state index contributed by atoms with van der Waals surface area (Å²) in [6, 6.07) is 56.5. The van der Waals surface area contributed by atoms with E-state index in [9.17, 15) is 0 Å². The third kappa shape index (κ3) is 4.16. The SMILES string of the molecule is c1ccc(-c2nc3ccc4[se]c5c6ccc7c(N(c8ccccc8)c8ccc9ccccc9c8)cccc7c6ccc5c4c3o2)cc1. The monoisotopic (exact) mass is 666 g/mol. The van der Waals surface area contributed by atoms with Crippen LogP contribution in [0.3, 0.4) is 0 Å². The molecule has 0 N–H and O–H groups in total. The number of fused-ring (bicyclic) bond motifs is 10. The van der Waals surface area contributed by atoms with E-state index in [2.05, 4.69) is 144 Å². The van der Waals surface area contributed by atoms with Crippen molar-refractivity contribution >= 4 is 94.3 Å². The number of benzene rings is 8. The molecule has 10 rings (SSSR count). The molecule has 0 amide bonds. The van der Waals surface area contributed by atoms with E-state index in [1.165, 1.54) is 51.6 Å². The van der Waals surface area contributed by atoms with Crippen LogP contribution in [-0.4, -0.2) is 19.5 Å². The van der Waals surface area contributed by atoms with Gasteiger partial charge in [-0.15, -0.1) is 0 Å². The normalized spacial score (nSPS) is 11.8. The van der Waals surface area contributed by atoms with Gasteiger partial charge in [0.15, 0.2) is 0 Å². The molecule has 220 valence electrons. The molecule has 2 aromatic heterocycles. The molecule has 10 aromatic rings. The summed E-state index contributed by atoms with van der Waals surface area (Å²) < 4.78 is 9.25. The third-order valence-corrected chi connectivity index (χ3v) is 11.8. The van der Waals surface area contributed by atoms with Crippen LogP contribution in [0.25, 0.3) is 74.2 Å². The Morgan fingerprint density at radius 1 is 0.511 bits per heavy atom. The van der Waals surface area contributed by atoms with Crippen molar-refractivity contribution in [3.63, 3.8) is 0 Å². The summed E-state index contributed by atoms with van der Waals surface area (Å²) in [4.78, 5) is 7.25. The first-order chi connectivity index (χ1) is 23.3. The summed E-state index contributed by atoms with van der Waals surface area (Å²) in [5.41, 5.74) is 6.23. The van der Waals surface area contributed by atoms with E-state index < -0.39 is 0 Å². The van der Waals surface area contributed by atoms with Crippen LogP contribution in [0.1, 0.15) is 0 Å². The van der Waals surface area contributed by atoms with Gasteiger partial charge in [-0.25, -0.2) is 0 Å². The van der Waals surface area contributed by atoms with Gasteiger partial charge < -0.3 is 0 Å². The van der Waals surface area contributed by atoms with Crippen molar-refractivity contribution in [2.75, 3.05) is 4.90 Å². The van der Waals surface area contributed by atoms with E-state index in [-0.39, 0.29) is 14.5 Å². The van der Waals surface area contributed by atoms with Gasteiger partial charge >= 0.3 is 272 Å². The molecule has 0 bridgehead atoms. The number of hydrogen-bond acceptors (Lipinski definition) is 3. The Kier molecular flexibility index (Phi) is 5.89. The molecular weight excluding hydrogens is 639 g/mol. The zero-order valence-corrected chi connectivity index (χ0v) is 26.9. The molecule has 0 spiro atoms. The van der Waals surface area contributed by atoms with Crippen LogP contribution < -0.4 is 4.90 Å². The zero-order chi connectivity index (χ0) is 30.9. The first-order valence-electron chi connectivity index (χ1n) is 15.8. The summed E-state index contributed by atoms with van der Waals surface area (Å²) in [5, 5.41) is 10.0. The Labute approximate surface area is 276 Å². The maximum atomic E-state index is 6.48. The van der Waals surface area contributed by atoms with Crippen LogP contribution in [0.5, 0.6) is 0 Å². The minimum absolute atomic E-state index is 0.157. The van der Waals surface area contributed by atoms with Crippen molar-refractivity contribution in [3.8, 4) is 11.5 Å². The second-order valence-electron chi connectivity index (χ2n) is 12.0. The number of hydrogen-bond donors (Lipinski definition) is 0. The topological polar surface area (TPSA) is 29.3 Å². The molecule has 0 unspecified atom stereocenters. The van der Waals surface area contributed by atoms with Crippen LogP contribution in [0.4, 0.5) is 17.1 Å². The van der Waals surface area contributed by atoms with Gasteiger partial charge in [-0.1, -0.05) is 6.07 Å². The minimum atomic E-state index is 0.157. The van der Waals surface area contributed by atoms with E-state index in [0.717, 1.165) is 33.7 Å². The quantitative estimate of drug-likeness (QED) is 0.138. The molecule has 0 aliphatic heterocycles. The van der Waals surface area contributed by atoms with Gasteiger partial charge in [-0.05, 0) is 0 Å². The standard InChI is InChI=1S/C43H26N2OSe/c1-3-11-28(12-4-1)43-44-37-24-25-39-40(41(37)46-43)36-23-20-33-32-16-9-17-38(34(32)21-22-35(33)42(36)47-39)45(30-14-5-2-6-15-30)31-19-18-27-10-7-8-13-29(27)26-31/h1-26H. The average molecular weight is 666 g/mol. The Bertz CT molecular complexity index is 2800. The molecular formula is C43H26N2OSe. The molecule has 0 aliphatic rings. The summed E-state index contributed by atoms with van der Waals surface area (Å²) in [7, 11) is 0. The number of para-hydroxylation sites is 1. The molecule has 4 heteroatoms. The first-order valence-corrected chi connectivity index (χ1v) is 17.5. The van der Waals surface area contributed by atoms with Crippen molar-refractivity contribution in [3.05, 3.63) is 158 Å². The predicted molar refractivity (Wildman–Crippen MR) is 199 cm³/mol. The van der Waals surface area contributed by atoms with E-state index in [1.54, 1.807) is 0 Å². The molecule has 0 fully saturated rings. The van der Waals surface area contributed by atoms with Crippen molar-refractivity contribution in [2.45, 2.75) is 0 Å². The molecule has 3 nitrogen and oxygen atoms in total. The maximum absolute atomic E-state index is 6.48. The fourth-order valence-corrected chi connectivity index (χ4v) is 9.66. The van der Waals surface area contributed by atoms with Gasteiger partial charge in [-0.2, -0.15) is 0 Å². The van der Waals surface area contributed by atoms with Crippen molar-refractivity contribution in [1.82, 2.24) is 4.98 Å². The Balaban J connectivity index is 1.19. The molecule has 0 saturated carbocycles. The third-order valence-electron chi connectivity index (χ3n) is 9.25. The van der Waals surface area contributed by atoms with Gasteiger partial charge in [0.1, 0.15) is 0 Å². The molecule has 0 radical (unpaired) electrons. The summed E-state index contributed by atoms with van der Waals surface area (Å²) in [6.45, 7) is 0. The first kappa shape index (κ1) is 26.5. The number of rotatable bonds is 4. The Morgan fingerprint density at radius 2 is 1.23 bits per heavy atom. The molecule has 47 heavy (non-hydrogen) atoms. The molecule has 0 atom stereocenters. The van der Waals surface area contributed by atoms with Crippen molar-refractivity contribution < 1.29 is 4.42 Å². The van der Waals surface area contributed by atoms with Gasteiger partial charge in [0.25, 0.3) is 0 Å². The van der Waals surface area contributed by atoms with E-state index >= 15 is 0 Å². The zero-order valence-electron chi connectivity index (χ0n) is 25.2. The van der Waals surface area contributed by atoms with Gasteiger partial charge in [0.2, 0.25) is 0 Å². The van der Waals surface area contributed by atoms with E-state index in [0.29, 0.717) is 5.89 Å². The van der Waals surface area contributed by atoms with Crippen LogP contribution in [-0.2, 0) is 0 Å². The molecule has 0 saturated heterocycles. The molecule has 8 aromatic carbocycles. The average Bonchev–Trinajstić information content (AvgIpc) is 3.74. The van der Waals surface area contributed by atoms with Crippen LogP contribution in [0, 0.1) is 0 Å². The summed E-state index contributed by atoms with van der Waals surface area (Å²) >= 11 is 0.157. The number of oxazole rings is 1. The number of aromatic nitrogens is 1. The fraction of sp³-hybridized carbons (Fsp3) is 0. The van der Waals surface area contributed by atoms with Crippen LogP contribution >= 0.6 is 0 Å². The second-order valence-corrected chi connectivity index (χ2v) is 14.2. The van der Waals surface area contributed by atoms with Gasteiger partial charge in [-0.3, -0.25) is 0 Å². The Morgan fingerprint density at radius 3 is 2.11 bits per heavy atom. The van der Waals surface area contributed by atoms with Crippen molar-refractivity contribution in [2.24, 2.45) is 0 Å². The van der Waals surface area contributed by atoms with Gasteiger partial charge in [0.05, 0.1) is 0 Å². The van der Waals surface area contributed by atoms with E-state index in [1.807, 2.05) is 18.2 Å². The Hall–Kier alpha value is -5.67. The number of anilines is 3. The summed E-state index contributed by atoms with van der Waals surface area (Å²) in [6.07, 6.45) is 0. The van der Waals surface area contributed by atoms with Crippen LogP contribution in [0.15, 0.2) is 162 Å². The summed E-state index contributed by atoms with van der Waals surface area (Å²) in [5.74, 6) is 0.670. The van der Waals surface area contributed by atoms with Crippen LogP contribution in [0.2, 0.25) is 0 Å². The molecule has 2 heterocycles. The predicted octanol–water partition coefficient (Wildman–Crippen LogP) is 11.8. The van der Waals surface area contributed by atoms with E-state index in [4.69, 9.17) is 9.40 Å². The van der Waals surface area contributed by atoms with Gasteiger partial charge in [0, 0.05) is 0 Å².